The number of carbonyl (C=O) groups excluding carboxylic acids is 1. The van der Waals surface area contributed by atoms with E-state index >= 15 is 0 Å². The van der Waals surface area contributed by atoms with Gasteiger partial charge in [0.15, 0.2) is 0 Å². The van der Waals surface area contributed by atoms with Gasteiger partial charge in [0, 0.05) is 23.2 Å². The van der Waals surface area contributed by atoms with Gasteiger partial charge in [-0.25, -0.2) is 0 Å². The fraction of sp³-hybridized carbons (Fsp3) is 0.158. The Bertz CT molecular complexity index is 850. The largest absolute Gasteiger partial charge is 0.351 e. The van der Waals surface area contributed by atoms with Gasteiger partial charge in [0.2, 0.25) is 5.91 Å². The summed E-state index contributed by atoms with van der Waals surface area (Å²) < 4.78 is 28.9. The molecule has 0 aliphatic carbocycles. The third-order valence-electron chi connectivity index (χ3n) is 3.36. The minimum Gasteiger partial charge on any atom is -0.351 e. The van der Waals surface area contributed by atoms with E-state index in [1.807, 2.05) is 60.7 Å². The molecular weight excluding hydrogens is 352 g/mol. The summed E-state index contributed by atoms with van der Waals surface area (Å²) >= 11 is 0. The predicted molar refractivity (Wildman–Crippen MR) is 101 cm³/mol. The Hall–Kier alpha value is -2.93. The molecule has 0 radical (unpaired) electrons. The lowest BCUT2D eigenvalue weighted by Gasteiger charge is -2.08. The van der Waals surface area contributed by atoms with Crippen molar-refractivity contribution >= 4 is 21.7 Å². The molecule has 0 saturated heterocycles. The molecule has 0 bridgehead atoms. The maximum atomic E-state index is 12.0. The monoisotopic (exact) mass is 372 g/mol. The standard InChI is InChI=1S/C19H20N2O4S/c1-15(2)19(22)20-13-14-26(23,24)25-21-18(16-9-5-3-6-10-16)17-11-7-4-8-12-17/h3-12H,1,13-14H2,2H3,(H,20,22). The van der Waals surface area contributed by atoms with Crippen molar-refractivity contribution in [3.05, 3.63) is 83.9 Å². The lowest BCUT2D eigenvalue weighted by Crippen LogP contribution is -2.29. The van der Waals surface area contributed by atoms with E-state index in [0.717, 1.165) is 11.1 Å². The number of amides is 1. The van der Waals surface area contributed by atoms with E-state index in [9.17, 15) is 13.2 Å². The van der Waals surface area contributed by atoms with Crippen LogP contribution in [0.5, 0.6) is 0 Å². The molecule has 2 aromatic carbocycles. The van der Waals surface area contributed by atoms with Gasteiger partial charge in [0.05, 0.1) is 0 Å². The minimum atomic E-state index is -3.95. The molecule has 0 spiro atoms. The van der Waals surface area contributed by atoms with E-state index < -0.39 is 21.8 Å². The maximum Gasteiger partial charge on any atom is 0.330 e. The third-order valence-corrected chi connectivity index (χ3v) is 4.37. The summed E-state index contributed by atoms with van der Waals surface area (Å²) in [7, 11) is -3.95. The molecule has 6 nitrogen and oxygen atoms in total. The van der Waals surface area contributed by atoms with Gasteiger partial charge in [0.25, 0.3) is 0 Å². The van der Waals surface area contributed by atoms with Crippen molar-refractivity contribution in [2.24, 2.45) is 5.16 Å². The average molecular weight is 372 g/mol. The highest BCUT2D eigenvalue weighted by Gasteiger charge is 2.15. The fourth-order valence-electron chi connectivity index (χ4n) is 2.04. The molecule has 26 heavy (non-hydrogen) atoms. The van der Waals surface area contributed by atoms with E-state index in [1.54, 1.807) is 0 Å². The lowest BCUT2D eigenvalue weighted by molar-refractivity contribution is -0.117. The summed E-state index contributed by atoms with van der Waals surface area (Å²) in [4.78, 5) is 11.4. The highest BCUT2D eigenvalue weighted by atomic mass is 32.2. The molecule has 0 unspecified atom stereocenters. The molecule has 0 heterocycles. The normalized spacial score (nSPS) is 10.7. The molecule has 1 amide bonds. The Morgan fingerprint density at radius 1 is 1.04 bits per heavy atom. The smallest absolute Gasteiger partial charge is 0.330 e. The van der Waals surface area contributed by atoms with Gasteiger partial charge in [-0.05, 0) is 6.92 Å². The van der Waals surface area contributed by atoms with Crippen LogP contribution in [-0.2, 0) is 19.2 Å². The van der Waals surface area contributed by atoms with Crippen LogP contribution < -0.4 is 5.32 Å². The number of oxime groups is 1. The topological polar surface area (TPSA) is 84.8 Å². The highest BCUT2D eigenvalue weighted by molar-refractivity contribution is 7.86. The summed E-state index contributed by atoms with van der Waals surface area (Å²) in [6.07, 6.45) is 0. The van der Waals surface area contributed by atoms with Crippen LogP contribution in [0.4, 0.5) is 0 Å². The Balaban J connectivity index is 2.14. The van der Waals surface area contributed by atoms with Crippen molar-refractivity contribution in [1.82, 2.24) is 5.32 Å². The second kappa shape index (κ2) is 8.96. The van der Waals surface area contributed by atoms with Crippen molar-refractivity contribution in [2.45, 2.75) is 6.92 Å². The molecule has 0 aliphatic rings. The van der Waals surface area contributed by atoms with Gasteiger partial charge in [-0.15, -0.1) is 0 Å². The first-order chi connectivity index (χ1) is 12.4. The molecule has 7 heteroatoms. The molecule has 2 aromatic rings. The molecule has 136 valence electrons. The predicted octanol–water partition coefficient (Wildman–Crippen LogP) is 2.48. The van der Waals surface area contributed by atoms with E-state index in [1.165, 1.54) is 6.92 Å². The van der Waals surface area contributed by atoms with Crippen LogP contribution in [0.15, 0.2) is 78.0 Å². The van der Waals surface area contributed by atoms with Crippen molar-refractivity contribution in [3.63, 3.8) is 0 Å². The minimum absolute atomic E-state index is 0.0877. The number of nitrogens with one attached hydrogen (secondary N) is 1. The van der Waals surface area contributed by atoms with Crippen LogP contribution >= 0.6 is 0 Å². The van der Waals surface area contributed by atoms with E-state index in [4.69, 9.17) is 4.28 Å². The van der Waals surface area contributed by atoms with Crippen LogP contribution in [0.1, 0.15) is 18.1 Å². The van der Waals surface area contributed by atoms with Crippen LogP contribution in [0.2, 0.25) is 0 Å². The molecule has 0 saturated carbocycles. The summed E-state index contributed by atoms with van der Waals surface area (Å²) in [5.41, 5.74) is 2.16. The average Bonchev–Trinajstić information content (AvgIpc) is 2.63. The summed E-state index contributed by atoms with van der Waals surface area (Å²) in [5, 5.41) is 6.31. The van der Waals surface area contributed by atoms with Crippen molar-refractivity contribution in [3.8, 4) is 0 Å². The Labute approximate surface area is 153 Å². The molecule has 0 atom stereocenters. The Morgan fingerprint density at radius 2 is 1.54 bits per heavy atom. The van der Waals surface area contributed by atoms with Crippen molar-refractivity contribution in [1.29, 1.82) is 0 Å². The van der Waals surface area contributed by atoms with Gasteiger partial charge in [-0.3, -0.25) is 9.08 Å². The molecule has 0 aromatic heterocycles. The van der Waals surface area contributed by atoms with Crippen LogP contribution in [0.25, 0.3) is 0 Å². The SMILES string of the molecule is C=C(C)C(=O)NCCS(=O)(=O)ON=C(c1ccccc1)c1ccccc1. The Morgan fingerprint density at radius 3 is 2.00 bits per heavy atom. The quantitative estimate of drug-likeness (QED) is 0.438. The van der Waals surface area contributed by atoms with Gasteiger partial charge in [0.1, 0.15) is 11.5 Å². The zero-order valence-corrected chi connectivity index (χ0v) is 15.2. The highest BCUT2D eigenvalue weighted by Crippen LogP contribution is 2.12. The second-order valence-electron chi connectivity index (χ2n) is 5.54. The zero-order chi connectivity index (χ0) is 19.0. The summed E-state index contributed by atoms with van der Waals surface area (Å²) in [5.74, 6) is -0.801. The van der Waals surface area contributed by atoms with E-state index in [-0.39, 0.29) is 6.54 Å². The summed E-state index contributed by atoms with van der Waals surface area (Å²) in [6.45, 7) is 4.93. The molecule has 0 aliphatic heterocycles. The van der Waals surface area contributed by atoms with Gasteiger partial charge < -0.3 is 5.32 Å². The number of carbonyl (C=O) groups is 1. The summed E-state index contributed by atoms with van der Waals surface area (Å²) in [6, 6.07) is 18.3. The zero-order valence-electron chi connectivity index (χ0n) is 14.4. The van der Waals surface area contributed by atoms with Gasteiger partial charge >= 0.3 is 10.1 Å². The van der Waals surface area contributed by atoms with Crippen LogP contribution in [0, 0.1) is 0 Å². The molecular formula is C19H20N2O4S. The number of hydrogen-bond acceptors (Lipinski definition) is 5. The third kappa shape index (κ3) is 5.86. The number of nitrogens with zero attached hydrogens (tertiary/aromatic N) is 1. The number of rotatable bonds is 8. The number of hydrogen-bond donors (Lipinski definition) is 1. The first-order valence-electron chi connectivity index (χ1n) is 7.93. The van der Waals surface area contributed by atoms with E-state index in [2.05, 4.69) is 17.1 Å². The lowest BCUT2D eigenvalue weighted by atomic mass is 10.0. The van der Waals surface area contributed by atoms with Crippen LogP contribution in [0.3, 0.4) is 0 Å². The second-order valence-corrected chi connectivity index (χ2v) is 7.22. The van der Waals surface area contributed by atoms with Crippen molar-refractivity contribution < 1.29 is 17.5 Å². The first kappa shape index (κ1) is 19.4. The molecule has 0 fully saturated rings. The fourth-order valence-corrected chi connectivity index (χ4v) is 2.65. The van der Waals surface area contributed by atoms with Gasteiger partial charge in [-0.1, -0.05) is 72.4 Å². The van der Waals surface area contributed by atoms with Crippen molar-refractivity contribution in [2.75, 3.05) is 12.3 Å². The first-order valence-corrected chi connectivity index (χ1v) is 9.50. The maximum absolute atomic E-state index is 12.0. The molecule has 1 N–H and O–H groups in total. The van der Waals surface area contributed by atoms with Crippen LogP contribution in [-0.4, -0.2) is 32.3 Å². The van der Waals surface area contributed by atoms with E-state index in [0.29, 0.717) is 11.3 Å². The van der Waals surface area contributed by atoms with Gasteiger partial charge in [-0.2, -0.15) is 8.42 Å². The Kier molecular flexibility index (Phi) is 6.68. The molecule has 2 rings (SSSR count). The number of benzene rings is 2.